The van der Waals surface area contributed by atoms with Crippen molar-refractivity contribution >= 4 is 11.6 Å². The number of nitrogens with zero attached hydrogens (tertiary/aromatic N) is 3. The minimum absolute atomic E-state index is 0.282. The Morgan fingerprint density at radius 1 is 1.26 bits per heavy atom. The van der Waals surface area contributed by atoms with Gasteiger partial charge in [0.05, 0.1) is 6.04 Å². The normalized spacial score (nSPS) is 18.5. The molecule has 0 unspecified atom stereocenters. The SMILES string of the molecule is Cc1cc(Nc2ccccn2)nc([C@@H]2CCCN2)n1. The third-order valence-corrected chi connectivity index (χ3v) is 3.16. The van der Waals surface area contributed by atoms with Gasteiger partial charge in [-0.2, -0.15) is 0 Å². The second-order valence-electron chi connectivity index (χ2n) is 4.74. The second-order valence-corrected chi connectivity index (χ2v) is 4.74. The fraction of sp³-hybridized carbons (Fsp3) is 0.357. The van der Waals surface area contributed by atoms with E-state index in [0.717, 1.165) is 36.1 Å². The summed E-state index contributed by atoms with van der Waals surface area (Å²) in [4.78, 5) is 13.4. The third kappa shape index (κ3) is 2.88. The van der Waals surface area contributed by atoms with Gasteiger partial charge >= 0.3 is 0 Å². The first-order chi connectivity index (χ1) is 9.31. The van der Waals surface area contributed by atoms with Gasteiger partial charge in [-0.1, -0.05) is 6.07 Å². The number of rotatable bonds is 3. The summed E-state index contributed by atoms with van der Waals surface area (Å²) in [6.45, 7) is 3.04. The molecule has 2 N–H and O–H groups in total. The van der Waals surface area contributed by atoms with Crippen LogP contribution in [0.3, 0.4) is 0 Å². The van der Waals surface area contributed by atoms with Crippen LogP contribution < -0.4 is 10.6 Å². The molecule has 0 radical (unpaired) electrons. The van der Waals surface area contributed by atoms with E-state index >= 15 is 0 Å². The molecule has 2 aromatic heterocycles. The van der Waals surface area contributed by atoms with Gasteiger partial charge in [-0.15, -0.1) is 0 Å². The van der Waals surface area contributed by atoms with Crippen LogP contribution in [-0.2, 0) is 0 Å². The van der Waals surface area contributed by atoms with Gasteiger partial charge in [0.2, 0.25) is 0 Å². The molecule has 0 aliphatic carbocycles. The molecule has 3 rings (SSSR count). The summed E-state index contributed by atoms with van der Waals surface area (Å²) >= 11 is 0. The molecular weight excluding hydrogens is 238 g/mol. The first-order valence-electron chi connectivity index (χ1n) is 6.58. The largest absolute Gasteiger partial charge is 0.325 e. The lowest BCUT2D eigenvalue weighted by molar-refractivity contribution is 0.603. The average Bonchev–Trinajstić information content (AvgIpc) is 2.93. The van der Waals surface area contributed by atoms with E-state index in [1.165, 1.54) is 6.42 Å². The number of aryl methyl sites for hydroxylation is 1. The predicted octanol–water partition coefficient (Wildman–Crippen LogP) is 2.35. The van der Waals surface area contributed by atoms with E-state index in [2.05, 4.69) is 25.6 Å². The van der Waals surface area contributed by atoms with Crippen LogP contribution in [0.4, 0.5) is 11.6 Å². The van der Waals surface area contributed by atoms with Gasteiger partial charge in [0.15, 0.2) is 0 Å². The molecule has 1 fully saturated rings. The number of hydrogen-bond acceptors (Lipinski definition) is 5. The molecule has 3 heterocycles. The molecule has 0 saturated carbocycles. The maximum absolute atomic E-state index is 4.59. The maximum Gasteiger partial charge on any atom is 0.147 e. The molecule has 1 aliphatic heterocycles. The monoisotopic (exact) mass is 255 g/mol. The van der Waals surface area contributed by atoms with Crippen molar-refractivity contribution in [1.82, 2.24) is 20.3 Å². The van der Waals surface area contributed by atoms with Crippen LogP contribution in [-0.4, -0.2) is 21.5 Å². The zero-order chi connectivity index (χ0) is 13.1. The van der Waals surface area contributed by atoms with Crippen LogP contribution >= 0.6 is 0 Å². The Bertz CT molecular complexity index is 549. The van der Waals surface area contributed by atoms with Crippen molar-refractivity contribution in [3.63, 3.8) is 0 Å². The molecule has 2 aromatic rings. The Labute approximate surface area is 112 Å². The minimum atomic E-state index is 0.282. The molecule has 5 heteroatoms. The van der Waals surface area contributed by atoms with Crippen molar-refractivity contribution in [2.75, 3.05) is 11.9 Å². The van der Waals surface area contributed by atoms with E-state index in [-0.39, 0.29) is 6.04 Å². The fourth-order valence-electron chi connectivity index (χ4n) is 2.28. The van der Waals surface area contributed by atoms with Crippen LogP contribution in [0.25, 0.3) is 0 Å². The highest BCUT2D eigenvalue weighted by molar-refractivity contribution is 5.51. The van der Waals surface area contributed by atoms with Crippen molar-refractivity contribution in [3.8, 4) is 0 Å². The Morgan fingerprint density at radius 3 is 2.95 bits per heavy atom. The summed E-state index contributed by atoms with van der Waals surface area (Å²) < 4.78 is 0. The predicted molar refractivity (Wildman–Crippen MR) is 74.3 cm³/mol. The highest BCUT2D eigenvalue weighted by Crippen LogP contribution is 2.22. The number of anilines is 2. The molecule has 0 bridgehead atoms. The van der Waals surface area contributed by atoms with E-state index in [1.807, 2.05) is 31.2 Å². The van der Waals surface area contributed by atoms with Crippen LogP contribution in [0.15, 0.2) is 30.5 Å². The van der Waals surface area contributed by atoms with Gasteiger partial charge in [-0.05, 0) is 38.4 Å². The average molecular weight is 255 g/mol. The number of pyridine rings is 1. The van der Waals surface area contributed by atoms with Crippen molar-refractivity contribution in [2.45, 2.75) is 25.8 Å². The first kappa shape index (κ1) is 12.0. The summed E-state index contributed by atoms with van der Waals surface area (Å²) in [7, 11) is 0. The quantitative estimate of drug-likeness (QED) is 0.881. The van der Waals surface area contributed by atoms with E-state index in [1.54, 1.807) is 6.20 Å². The van der Waals surface area contributed by atoms with E-state index in [9.17, 15) is 0 Å². The van der Waals surface area contributed by atoms with Crippen LogP contribution in [0, 0.1) is 6.92 Å². The molecule has 98 valence electrons. The molecule has 1 atom stereocenters. The first-order valence-corrected chi connectivity index (χ1v) is 6.58. The molecule has 1 aliphatic rings. The summed E-state index contributed by atoms with van der Waals surface area (Å²) in [6, 6.07) is 7.98. The molecule has 5 nitrogen and oxygen atoms in total. The summed E-state index contributed by atoms with van der Waals surface area (Å²) in [6.07, 6.45) is 4.05. The lowest BCUT2D eigenvalue weighted by atomic mass is 10.2. The standard InChI is InChI=1S/C14H17N5/c1-10-9-13(18-12-6-2-3-7-16-12)19-14(17-10)11-5-4-8-15-11/h2-3,6-7,9,11,15H,4-5,8H2,1H3,(H,16,17,18,19)/t11-/m0/s1. The second kappa shape index (κ2) is 5.32. The number of aromatic nitrogens is 3. The van der Waals surface area contributed by atoms with Crippen molar-refractivity contribution in [2.24, 2.45) is 0 Å². The zero-order valence-corrected chi connectivity index (χ0v) is 10.9. The summed E-state index contributed by atoms with van der Waals surface area (Å²) in [5.74, 6) is 2.47. The third-order valence-electron chi connectivity index (χ3n) is 3.16. The zero-order valence-electron chi connectivity index (χ0n) is 10.9. The highest BCUT2D eigenvalue weighted by Gasteiger charge is 2.19. The van der Waals surface area contributed by atoms with Crippen molar-refractivity contribution < 1.29 is 0 Å². The van der Waals surface area contributed by atoms with Gasteiger partial charge in [0.1, 0.15) is 17.5 Å². The Kier molecular flexibility index (Phi) is 3.37. The van der Waals surface area contributed by atoms with Gasteiger partial charge in [-0.25, -0.2) is 15.0 Å². The Morgan fingerprint density at radius 2 is 2.21 bits per heavy atom. The van der Waals surface area contributed by atoms with E-state index < -0.39 is 0 Å². The van der Waals surface area contributed by atoms with E-state index in [4.69, 9.17) is 0 Å². The van der Waals surface area contributed by atoms with Crippen LogP contribution in [0.2, 0.25) is 0 Å². The highest BCUT2D eigenvalue weighted by atomic mass is 15.1. The van der Waals surface area contributed by atoms with E-state index in [0.29, 0.717) is 0 Å². The van der Waals surface area contributed by atoms with Crippen molar-refractivity contribution in [3.05, 3.63) is 42.0 Å². The molecule has 1 saturated heterocycles. The number of nitrogens with one attached hydrogen (secondary N) is 2. The van der Waals surface area contributed by atoms with Crippen LogP contribution in [0.5, 0.6) is 0 Å². The smallest absolute Gasteiger partial charge is 0.147 e. The van der Waals surface area contributed by atoms with Crippen LogP contribution in [0.1, 0.15) is 30.4 Å². The van der Waals surface area contributed by atoms with Gasteiger partial charge < -0.3 is 10.6 Å². The van der Waals surface area contributed by atoms with Gasteiger partial charge in [-0.3, -0.25) is 0 Å². The Hall–Kier alpha value is -2.01. The van der Waals surface area contributed by atoms with Gasteiger partial charge in [0, 0.05) is 18.0 Å². The topological polar surface area (TPSA) is 62.7 Å². The maximum atomic E-state index is 4.59. The number of hydrogen-bond donors (Lipinski definition) is 2. The lowest BCUT2D eigenvalue weighted by Crippen LogP contribution is -2.17. The molecular formula is C14H17N5. The lowest BCUT2D eigenvalue weighted by Gasteiger charge is -2.12. The van der Waals surface area contributed by atoms with Crippen molar-refractivity contribution in [1.29, 1.82) is 0 Å². The molecule has 0 aromatic carbocycles. The fourth-order valence-corrected chi connectivity index (χ4v) is 2.28. The molecule has 0 amide bonds. The molecule has 19 heavy (non-hydrogen) atoms. The minimum Gasteiger partial charge on any atom is -0.325 e. The Balaban J connectivity index is 1.85. The summed E-state index contributed by atoms with van der Waals surface area (Å²) in [5.41, 5.74) is 0.970. The summed E-state index contributed by atoms with van der Waals surface area (Å²) in [5, 5.41) is 6.64. The molecule has 0 spiro atoms. The van der Waals surface area contributed by atoms with Gasteiger partial charge in [0.25, 0.3) is 0 Å².